The van der Waals surface area contributed by atoms with Crippen molar-refractivity contribution in [1.29, 1.82) is 0 Å². The smallest absolute Gasteiger partial charge is 0.221 e. The summed E-state index contributed by atoms with van der Waals surface area (Å²) in [6.07, 6.45) is 0.550. The molecule has 0 aliphatic carbocycles. The van der Waals surface area contributed by atoms with Gasteiger partial charge in [0, 0.05) is 19.0 Å². The van der Waals surface area contributed by atoms with E-state index in [0.29, 0.717) is 13.0 Å². The van der Waals surface area contributed by atoms with Gasteiger partial charge in [0.2, 0.25) is 15.9 Å². The van der Waals surface area contributed by atoms with E-state index in [9.17, 15) is 13.2 Å². The fourth-order valence-electron chi connectivity index (χ4n) is 1.08. The van der Waals surface area contributed by atoms with Crippen LogP contribution in [0.2, 0.25) is 0 Å². The fraction of sp³-hybridized carbons (Fsp3) is 0.900. The third-order valence-corrected chi connectivity index (χ3v) is 3.30. The Hall–Kier alpha value is -0.660. The Morgan fingerprint density at radius 2 is 1.88 bits per heavy atom. The van der Waals surface area contributed by atoms with Crippen molar-refractivity contribution in [2.45, 2.75) is 39.7 Å². The predicted octanol–water partition coefficient (Wildman–Crippen LogP) is -0.455. The molecular formula is C10H23N3O3S. The molecule has 0 spiro atoms. The summed E-state index contributed by atoms with van der Waals surface area (Å²) in [4.78, 5) is 11.5. The minimum absolute atomic E-state index is 0.126. The maximum absolute atomic E-state index is 11.5. The van der Waals surface area contributed by atoms with E-state index in [2.05, 4.69) is 5.32 Å². The van der Waals surface area contributed by atoms with Gasteiger partial charge in [-0.15, -0.1) is 0 Å². The van der Waals surface area contributed by atoms with Gasteiger partial charge < -0.3 is 11.1 Å². The molecule has 0 bridgehead atoms. The molecule has 5 N–H and O–H groups in total. The maximum atomic E-state index is 11.5. The highest BCUT2D eigenvalue weighted by molar-refractivity contribution is 7.89. The second-order valence-electron chi connectivity index (χ2n) is 5.25. The zero-order valence-corrected chi connectivity index (χ0v) is 11.5. The number of hydrogen-bond acceptors (Lipinski definition) is 4. The van der Waals surface area contributed by atoms with Crippen LogP contribution in [0.25, 0.3) is 0 Å². The van der Waals surface area contributed by atoms with E-state index in [4.69, 9.17) is 10.9 Å². The minimum Gasteiger partial charge on any atom is -0.356 e. The number of carbonyl (C=O) groups excluding carboxylic acids is 1. The Balaban J connectivity index is 3.82. The molecule has 1 amide bonds. The molecule has 0 saturated heterocycles. The van der Waals surface area contributed by atoms with E-state index in [0.717, 1.165) is 0 Å². The molecule has 1 unspecified atom stereocenters. The van der Waals surface area contributed by atoms with Crippen LogP contribution in [0.1, 0.15) is 33.6 Å². The third kappa shape index (κ3) is 9.08. The number of sulfonamides is 1. The molecule has 102 valence electrons. The van der Waals surface area contributed by atoms with Gasteiger partial charge in [-0.05, 0) is 11.8 Å². The van der Waals surface area contributed by atoms with Gasteiger partial charge in [-0.1, -0.05) is 20.8 Å². The van der Waals surface area contributed by atoms with Gasteiger partial charge in [0.1, 0.15) is 0 Å². The van der Waals surface area contributed by atoms with E-state index in [1.807, 2.05) is 20.8 Å². The molecule has 0 radical (unpaired) electrons. The lowest BCUT2D eigenvalue weighted by molar-refractivity contribution is -0.121. The summed E-state index contributed by atoms with van der Waals surface area (Å²) in [6.45, 7) is 6.19. The molecule has 1 atom stereocenters. The first kappa shape index (κ1) is 16.3. The summed E-state index contributed by atoms with van der Waals surface area (Å²) >= 11 is 0. The van der Waals surface area contributed by atoms with Crippen molar-refractivity contribution < 1.29 is 13.2 Å². The Labute approximate surface area is 103 Å². The van der Waals surface area contributed by atoms with Crippen molar-refractivity contribution in [3.05, 3.63) is 0 Å². The molecule has 6 nitrogen and oxygen atoms in total. The lowest BCUT2D eigenvalue weighted by Crippen LogP contribution is -2.40. The molecule has 0 fully saturated rings. The summed E-state index contributed by atoms with van der Waals surface area (Å²) < 4.78 is 21.3. The molecule has 0 heterocycles. The Kier molecular flexibility index (Phi) is 6.08. The van der Waals surface area contributed by atoms with Gasteiger partial charge in [-0.25, -0.2) is 13.6 Å². The van der Waals surface area contributed by atoms with E-state index in [1.54, 1.807) is 0 Å². The highest BCUT2D eigenvalue weighted by Gasteiger charge is 2.22. The Morgan fingerprint density at radius 3 is 2.29 bits per heavy atom. The highest BCUT2D eigenvalue weighted by Crippen LogP contribution is 2.19. The summed E-state index contributed by atoms with van der Waals surface area (Å²) in [6, 6.07) is -0.222. The molecule has 0 saturated carbocycles. The van der Waals surface area contributed by atoms with Gasteiger partial charge >= 0.3 is 0 Å². The van der Waals surface area contributed by atoms with Crippen molar-refractivity contribution in [2.24, 2.45) is 16.3 Å². The van der Waals surface area contributed by atoms with E-state index < -0.39 is 10.0 Å². The monoisotopic (exact) mass is 265 g/mol. The zero-order chi connectivity index (χ0) is 13.7. The quantitative estimate of drug-likeness (QED) is 0.564. The summed E-state index contributed by atoms with van der Waals surface area (Å²) in [5.41, 5.74) is 5.72. The van der Waals surface area contributed by atoms with Gasteiger partial charge in [0.05, 0.1) is 5.75 Å². The van der Waals surface area contributed by atoms with Crippen molar-refractivity contribution in [2.75, 3.05) is 12.3 Å². The first-order chi connectivity index (χ1) is 7.52. The predicted molar refractivity (Wildman–Crippen MR) is 67.6 cm³/mol. The molecule has 0 aliphatic heterocycles. The Bertz CT molecular complexity index is 346. The van der Waals surface area contributed by atoms with Crippen LogP contribution in [0.15, 0.2) is 0 Å². The average Bonchev–Trinajstić information content (AvgIpc) is 2.09. The first-order valence-corrected chi connectivity index (χ1v) is 7.26. The van der Waals surface area contributed by atoms with Gasteiger partial charge in [-0.3, -0.25) is 4.79 Å². The molecule has 17 heavy (non-hydrogen) atoms. The molecule has 0 aromatic carbocycles. The van der Waals surface area contributed by atoms with Gasteiger partial charge in [0.15, 0.2) is 0 Å². The summed E-state index contributed by atoms with van der Waals surface area (Å²) in [5.74, 6) is -0.291. The van der Waals surface area contributed by atoms with Crippen molar-refractivity contribution >= 4 is 15.9 Å². The number of amides is 1. The van der Waals surface area contributed by atoms with Gasteiger partial charge in [0.25, 0.3) is 0 Å². The third-order valence-electron chi connectivity index (χ3n) is 2.45. The van der Waals surface area contributed by atoms with Crippen molar-refractivity contribution in [3.63, 3.8) is 0 Å². The number of hydrogen-bond donors (Lipinski definition) is 3. The van der Waals surface area contributed by atoms with Crippen LogP contribution < -0.4 is 16.2 Å². The molecule has 0 aliphatic rings. The lowest BCUT2D eigenvalue weighted by atomic mass is 9.85. The number of carbonyl (C=O) groups is 1. The van der Waals surface area contributed by atoms with E-state index in [1.165, 1.54) is 0 Å². The van der Waals surface area contributed by atoms with Crippen molar-refractivity contribution in [1.82, 2.24) is 5.32 Å². The second kappa shape index (κ2) is 6.32. The molecule has 7 heteroatoms. The van der Waals surface area contributed by atoms with Crippen molar-refractivity contribution in [3.8, 4) is 0 Å². The average molecular weight is 265 g/mol. The first-order valence-electron chi connectivity index (χ1n) is 5.55. The highest BCUT2D eigenvalue weighted by atomic mass is 32.2. The fourth-order valence-corrected chi connectivity index (χ4v) is 1.63. The Morgan fingerprint density at radius 1 is 1.35 bits per heavy atom. The summed E-state index contributed by atoms with van der Waals surface area (Å²) in [5, 5.41) is 7.45. The standard InChI is InChI=1S/C10H23N3O3S/c1-10(2,3)8(11)7-9(14)13-5-4-6-17(12,15)16/h8H,4-7,11H2,1-3H3,(H,13,14)(H2,12,15,16). The molecule has 0 aromatic rings. The zero-order valence-electron chi connectivity index (χ0n) is 10.7. The second-order valence-corrected chi connectivity index (χ2v) is 6.98. The number of nitrogens with two attached hydrogens (primary N) is 2. The molecule has 0 aromatic heterocycles. The van der Waals surface area contributed by atoms with E-state index >= 15 is 0 Å². The van der Waals surface area contributed by atoms with Gasteiger partial charge in [-0.2, -0.15) is 0 Å². The summed E-state index contributed by atoms with van der Waals surface area (Å²) in [7, 11) is -3.44. The van der Waals surface area contributed by atoms with Crippen LogP contribution in [0.4, 0.5) is 0 Å². The largest absolute Gasteiger partial charge is 0.356 e. The number of rotatable bonds is 6. The lowest BCUT2D eigenvalue weighted by Gasteiger charge is -2.26. The molecule has 0 rings (SSSR count). The maximum Gasteiger partial charge on any atom is 0.221 e. The van der Waals surface area contributed by atoms with Crippen LogP contribution in [0.3, 0.4) is 0 Å². The van der Waals surface area contributed by atoms with Crippen LogP contribution in [-0.4, -0.2) is 32.7 Å². The van der Waals surface area contributed by atoms with Crippen LogP contribution in [0.5, 0.6) is 0 Å². The van der Waals surface area contributed by atoms with E-state index in [-0.39, 0.29) is 29.5 Å². The SMILES string of the molecule is CC(C)(C)C(N)CC(=O)NCCCS(N)(=O)=O. The number of nitrogens with one attached hydrogen (secondary N) is 1. The van der Waals surface area contributed by atoms with Crippen LogP contribution in [0, 0.1) is 5.41 Å². The van der Waals surface area contributed by atoms with Crippen LogP contribution >= 0.6 is 0 Å². The minimum atomic E-state index is -3.44. The molecular weight excluding hydrogens is 242 g/mol. The normalized spacial score (nSPS) is 14.4. The topological polar surface area (TPSA) is 115 Å². The van der Waals surface area contributed by atoms with Crippen LogP contribution in [-0.2, 0) is 14.8 Å². The number of primary sulfonamides is 1.